The molecule has 6 nitrogen and oxygen atoms in total. The summed E-state index contributed by atoms with van der Waals surface area (Å²) in [6.45, 7) is 5.51. The second-order valence-corrected chi connectivity index (χ2v) is 6.00. The third kappa shape index (κ3) is 2.75. The van der Waals surface area contributed by atoms with E-state index in [9.17, 15) is 0 Å². The number of aromatic nitrogens is 2. The number of hydrogen-bond donors (Lipinski definition) is 0. The van der Waals surface area contributed by atoms with Gasteiger partial charge in [-0.15, -0.1) is 0 Å². The maximum absolute atomic E-state index is 5.90. The van der Waals surface area contributed by atoms with Gasteiger partial charge >= 0.3 is 0 Å². The molecular weight excluding hydrogens is 304 g/mol. The van der Waals surface area contributed by atoms with Gasteiger partial charge in [0.05, 0.1) is 7.11 Å². The average molecular weight is 324 g/mol. The van der Waals surface area contributed by atoms with Crippen molar-refractivity contribution in [2.75, 3.05) is 43.1 Å². The smallest absolute Gasteiger partial charge is 0.298 e. The Balaban J connectivity index is 1.48. The zero-order chi connectivity index (χ0) is 16.5. The third-order valence-electron chi connectivity index (χ3n) is 4.36. The molecule has 24 heavy (non-hydrogen) atoms. The molecule has 0 amide bonds. The van der Waals surface area contributed by atoms with E-state index >= 15 is 0 Å². The molecule has 0 spiro atoms. The Labute approximate surface area is 140 Å². The number of nitrogens with zero attached hydrogens (tertiary/aromatic N) is 4. The molecular formula is C18H20N4O2. The Bertz CT molecular complexity index is 853. The number of aryl methyl sites for hydroxylation is 1. The number of benzene rings is 1. The second kappa shape index (κ2) is 6.03. The first-order valence-corrected chi connectivity index (χ1v) is 8.10. The number of hydrogen-bond acceptors (Lipinski definition) is 6. The molecule has 2 aromatic heterocycles. The minimum Gasteiger partial charge on any atom is -0.497 e. The molecule has 124 valence electrons. The first-order chi connectivity index (χ1) is 11.7. The number of pyridine rings is 1. The molecule has 1 aromatic carbocycles. The number of anilines is 2. The van der Waals surface area contributed by atoms with Crippen LogP contribution in [-0.4, -0.2) is 43.3 Å². The van der Waals surface area contributed by atoms with Crippen LogP contribution in [0.5, 0.6) is 5.75 Å². The van der Waals surface area contributed by atoms with Crippen LogP contribution in [0.3, 0.4) is 0 Å². The fraction of sp³-hybridized carbons (Fsp3) is 0.333. The standard InChI is InChI=1S/C18H20N4O2/c1-13-3-4-16-15(11-13)20-18(24-16)22-9-7-21(8-10-22)17-12-14(23-2)5-6-19-17/h3-6,11-12H,7-10H2,1-2H3. The number of piperazine rings is 1. The number of oxazole rings is 1. The molecule has 1 fully saturated rings. The summed E-state index contributed by atoms with van der Waals surface area (Å²) in [6, 6.07) is 10.6. The molecule has 0 unspecified atom stereocenters. The van der Waals surface area contributed by atoms with Crippen LogP contribution in [0.1, 0.15) is 5.56 Å². The van der Waals surface area contributed by atoms with Gasteiger partial charge in [-0.05, 0) is 30.7 Å². The molecule has 1 aliphatic rings. The van der Waals surface area contributed by atoms with E-state index in [2.05, 4.69) is 32.8 Å². The molecule has 3 aromatic rings. The highest BCUT2D eigenvalue weighted by atomic mass is 16.5. The molecule has 0 atom stereocenters. The van der Waals surface area contributed by atoms with E-state index in [1.807, 2.05) is 24.3 Å². The van der Waals surface area contributed by atoms with Crippen LogP contribution < -0.4 is 14.5 Å². The SMILES string of the molecule is COc1ccnc(N2CCN(c3nc4cc(C)ccc4o3)CC2)c1. The fourth-order valence-corrected chi connectivity index (χ4v) is 2.99. The summed E-state index contributed by atoms with van der Waals surface area (Å²) in [6.07, 6.45) is 1.78. The van der Waals surface area contributed by atoms with Gasteiger partial charge in [0, 0.05) is 38.4 Å². The van der Waals surface area contributed by atoms with Crippen molar-refractivity contribution in [2.45, 2.75) is 6.92 Å². The quantitative estimate of drug-likeness (QED) is 0.738. The van der Waals surface area contributed by atoms with Crippen molar-refractivity contribution >= 4 is 22.9 Å². The lowest BCUT2D eigenvalue weighted by Crippen LogP contribution is -2.47. The Morgan fingerprint density at radius 1 is 1.04 bits per heavy atom. The first kappa shape index (κ1) is 14.8. The highest BCUT2D eigenvalue weighted by Gasteiger charge is 2.22. The lowest BCUT2D eigenvalue weighted by atomic mass is 10.2. The molecule has 1 aliphatic heterocycles. The summed E-state index contributed by atoms with van der Waals surface area (Å²) in [4.78, 5) is 13.5. The van der Waals surface area contributed by atoms with E-state index < -0.39 is 0 Å². The first-order valence-electron chi connectivity index (χ1n) is 8.10. The van der Waals surface area contributed by atoms with Crippen LogP contribution in [0.15, 0.2) is 40.9 Å². The van der Waals surface area contributed by atoms with Crippen LogP contribution in [0.4, 0.5) is 11.8 Å². The van der Waals surface area contributed by atoms with Crippen molar-refractivity contribution < 1.29 is 9.15 Å². The number of rotatable bonds is 3. The van der Waals surface area contributed by atoms with E-state index in [1.165, 1.54) is 5.56 Å². The third-order valence-corrected chi connectivity index (χ3v) is 4.36. The van der Waals surface area contributed by atoms with E-state index in [0.717, 1.165) is 48.8 Å². The predicted octanol–water partition coefficient (Wildman–Crippen LogP) is 2.87. The maximum Gasteiger partial charge on any atom is 0.298 e. The summed E-state index contributed by atoms with van der Waals surface area (Å²) in [5.74, 6) is 1.78. The number of ether oxygens (including phenoxy) is 1. The highest BCUT2D eigenvalue weighted by Crippen LogP contribution is 2.25. The molecule has 3 heterocycles. The molecule has 0 bridgehead atoms. The zero-order valence-electron chi connectivity index (χ0n) is 13.9. The van der Waals surface area contributed by atoms with Gasteiger partial charge in [-0.25, -0.2) is 4.98 Å². The number of methoxy groups -OCH3 is 1. The monoisotopic (exact) mass is 324 g/mol. The van der Waals surface area contributed by atoms with Crippen molar-refractivity contribution in [2.24, 2.45) is 0 Å². The van der Waals surface area contributed by atoms with E-state index in [0.29, 0.717) is 6.01 Å². The summed E-state index contributed by atoms with van der Waals surface area (Å²) in [5.41, 5.74) is 2.95. The molecule has 0 radical (unpaired) electrons. The minimum absolute atomic E-state index is 0.703. The summed E-state index contributed by atoms with van der Waals surface area (Å²) in [7, 11) is 1.67. The second-order valence-electron chi connectivity index (χ2n) is 6.00. The Morgan fingerprint density at radius 2 is 1.83 bits per heavy atom. The largest absolute Gasteiger partial charge is 0.497 e. The zero-order valence-corrected chi connectivity index (χ0v) is 13.9. The predicted molar refractivity (Wildman–Crippen MR) is 94.0 cm³/mol. The summed E-state index contributed by atoms with van der Waals surface area (Å²) >= 11 is 0. The van der Waals surface area contributed by atoms with Crippen molar-refractivity contribution in [1.29, 1.82) is 0 Å². The maximum atomic E-state index is 5.90. The van der Waals surface area contributed by atoms with Crippen LogP contribution in [0.2, 0.25) is 0 Å². The van der Waals surface area contributed by atoms with E-state index in [4.69, 9.17) is 9.15 Å². The normalized spacial score (nSPS) is 15.1. The highest BCUT2D eigenvalue weighted by molar-refractivity contribution is 5.75. The molecule has 0 aliphatic carbocycles. The molecule has 0 N–H and O–H groups in total. The topological polar surface area (TPSA) is 54.6 Å². The Kier molecular flexibility index (Phi) is 3.72. The van der Waals surface area contributed by atoms with Crippen molar-refractivity contribution in [1.82, 2.24) is 9.97 Å². The van der Waals surface area contributed by atoms with Gasteiger partial charge in [0.25, 0.3) is 6.01 Å². The van der Waals surface area contributed by atoms with Gasteiger partial charge in [-0.2, -0.15) is 4.98 Å². The van der Waals surface area contributed by atoms with Gasteiger partial charge in [0.2, 0.25) is 0 Å². The Hall–Kier alpha value is -2.76. The van der Waals surface area contributed by atoms with Crippen LogP contribution in [-0.2, 0) is 0 Å². The summed E-state index contributed by atoms with van der Waals surface area (Å²) in [5, 5.41) is 0. The summed E-state index contributed by atoms with van der Waals surface area (Å²) < 4.78 is 11.2. The molecule has 4 rings (SSSR count). The van der Waals surface area contributed by atoms with E-state index in [-0.39, 0.29) is 0 Å². The van der Waals surface area contributed by atoms with Gasteiger partial charge in [-0.1, -0.05) is 6.07 Å². The fourth-order valence-electron chi connectivity index (χ4n) is 2.99. The van der Waals surface area contributed by atoms with Gasteiger partial charge in [-0.3, -0.25) is 0 Å². The van der Waals surface area contributed by atoms with Crippen molar-refractivity contribution in [3.63, 3.8) is 0 Å². The van der Waals surface area contributed by atoms with Crippen LogP contribution >= 0.6 is 0 Å². The van der Waals surface area contributed by atoms with Crippen LogP contribution in [0, 0.1) is 6.92 Å². The molecule has 6 heteroatoms. The van der Waals surface area contributed by atoms with Crippen LogP contribution in [0.25, 0.3) is 11.1 Å². The van der Waals surface area contributed by atoms with Gasteiger partial charge in [0.1, 0.15) is 17.1 Å². The Morgan fingerprint density at radius 3 is 2.62 bits per heavy atom. The molecule has 0 saturated carbocycles. The lowest BCUT2D eigenvalue weighted by molar-refractivity contribution is 0.414. The molecule has 1 saturated heterocycles. The average Bonchev–Trinajstić information content (AvgIpc) is 3.05. The van der Waals surface area contributed by atoms with E-state index in [1.54, 1.807) is 13.3 Å². The van der Waals surface area contributed by atoms with Crippen molar-refractivity contribution in [3.8, 4) is 5.75 Å². The van der Waals surface area contributed by atoms with Gasteiger partial charge in [0.15, 0.2) is 5.58 Å². The number of fused-ring (bicyclic) bond motifs is 1. The van der Waals surface area contributed by atoms with Gasteiger partial charge < -0.3 is 19.0 Å². The van der Waals surface area contributed by atoms with Crippen molar-refractivity contribution in [3.05, 3.63) is 42.1 Å². The lowest BCUT2D eigenvalue weighted by Gasteiger charge is -2.34. The minimum atomic E-state index is 0.703.